The third kappa shape index (κ3) is 2.84. The van der Waals surface area contributed by atoms with Gasteiger partial charge in [0.15, 0.2) is 0 Å². The Kier molecular flexibility index (Phi) is 3.76. The van der Waals surface area contributed by atoms with Crippen molar-refractivity contribution in [1.29, 1.82) is 0 Å². The number of nitrogens with zero attached hydrogens (tertiary/aromatic N) is 1. The fourth-order valence-electron chi connectivity index (χ4n) is 1.97. The van der Waals surface area contributed by atoms with Crippen LogP contribution in [-0.2, 0) is 17.8 Å². The van der Waals surface area contributed by atoms with E-state index >= 15 is 0 Å². The van der Waals surface area contributed by atoms with Gasteiger partial charge in [-0.25, -0.2) is 0 Å². The van der Waals surface area contributed by atoms with Crippen LogP contribution in [0, 0.1) is 5.92 Å². The Morgan fingerprint density at radius 1 is 1.29 bits per heavy atom. The SMILES string of the molecule is NCc1ccc(CC(=O)N2CC(CO)C2)cc1. The van der Waals surface area contributed by atoms with E-state index in [1.165, 1.54) is 0 Å². The topological polar surface area (TPSA) is 66.6 Å². The van der Waals surface area contributed by atoms with Gasteiger partial charge in [0.1, 0.15) is 0 Å². The van der Waals surface area contributed by atoms with E-state index in [1.54, 1.807) is 4.90 Å². The number of aliphatic hydroxyl groups excluding tert-OH is 1. The van der Waals surface area contributed by atoms with E-state index in [9.17, 15) is 4.79 Å². The molecule has 1 aromatic rings. The van der Waals surface area contributed by atoms with E-state index in [-0.39, 0.29) is 18.4 Å². The Morgan fingerprint density at radius 3 is 2.41 bits per heavy atom. The summed E-state index contributed by atoms with van der Waals surface area (Å²) in [4.78, 5) is 13.6. The lowest BCUT2D eigenvalue weighted by Gasteiger charge is -2.38. The van der Waals surface area contributed by atoms with Crippen LogP contribution in [0.15, 0.2) is 24.3 Å². The van der Waals surface area contributed by atoms with Crippen molar-refractivity contribution in [3.05, 3.63) is 35.4 Å². The van der Waals surface area contributed by atoms with Crippen LogP contribution in [0.4, 0.5) is 0 Å². The predicted molar refractivity (Wildman–Crippen MR) is 65.2 cm³/mol. The summed E-state index contributed by atoms with van der Waals surface area (Å²) in [6.45, 7) is 2.08. The second-order valence-corrected chi connectivity index (χ2v) is 4.54. The van der Waals surface area contributed by atoms with E-state index in [0.29, 0.717) is 26.1 Å². The number of nitrogens with two attached hydrogens (primary N) is 1. The van der Waals surface area contributed by atoms with Crippen LogP contribution in [0.5, 0.6) is 0 Å². The summed E-state index contributed by atoms with van der Waals surface area (Å²) in [5.74, 6) is 0.411. The smallest absolute Gasteiger partial charge is 0.227 e. The molecule has 0 bridgehead atoms. The van der Waals surface area contributed by atoms with Gasteiger partial charge in [0.2, 0.25) is 5.91 Å². The summed E-state index contributed by atoms with van der Waals surface area (Å²) in [7, 11) is 0. The first-order valence-electron chi connectivity index (χ1n) is 5.89. The summed E-state index contributed by atoms with van der Waals surface area (Å²) in [6, 6.07) is 7.80. The van der Waals surface area contributed by atoms with Crippen molar-refractivity contribution in [2.45, 2.75) is 13.0 Å². The Hall–Kier alpha value is -1.39. The number of carbonyl (C=O) groups excluding carboxylic acids is 1. The minimum absolute atomic E-state index is 0.134. The second kappa shape index (κ2) is 5.29. The monoisotopic (exact) mass is 234 g/mol. The lowest BCUT2D eigenvalue weighted by molar-refractivity contribution is -0.137. The van der Waals surface area contributed by atoms with Gasteiger partial charge < -0.3 is 15.7 Å². The first kappa shape index (κ1) is 12.1. The number of rotatable bonds is 4. The molecule has 0 radical (unpaired) electrons. The zero-order chi connectivity index (χ0) is 12.3. The number of aliphatic hydroxyl groups is 1. The first-order valence-corrected chi connectivity index (χ1v) is 5.89. The van der Waals surface area contributed by atoms with E-state index in [4.69, 9.17) is 10.8 Å². The lowest BCUT2D eigenvalue weighted by atomic mass is 10.00. The number of hydrogen-bond donors (Lipinski definition) is 2. The van der Waals surface area contributed by atoms with Gasteiger partial charge in [-0.05, 0) is 11.1 Å². The highest BCUT2D eigenvalue weighted by atomic mass is 16.3. The molecule has 4 heteroatoms. The largest absolute Gasteiger partial charge is 0.396 e. The van der Waals surface area contributed by atoms with Crippen LogP contribution < -0.4 is 5.73 Å². The Labute approximate surface area is 101 Å². The standard InChI is InChI=1S/C13H18N2O2/c14-6-11-3-1-10(2-4-11)5-13(17)15-7-12(8-15)9-16/h1-4,12,16H,5-9,14H2. The molecule has 1 heterocycles. The number of hydrogen-bond acceptors (Lipinski definition) is 3. The third-order valence-electron chi connectivity index (χ3n) is 3.18. The quantitative estimate of drug-likeness (QED) is 0.778. The molecule has 1 aromatic carbocycles. The highest BCUT2D eigenvalue weighted by molar-refractivity contribution is 5.79. The molecule has 0 saturated carbocycles. The average molecular weight is 234 g/mol. The molecule has 0 spiro atoms. The molecule has 0 atom stereocenters. The molecular formula is C13H18N2O2. The van der Waals surface area contributed by atoms with Crippen LogP contribution >= 0.6 is 0 Å². The molecule has 2 rings (SSSR count). The van der Waals surface area contributed by atoms with Gasteiger partial charge in [-0.15, -0.1) is 0 Å². The van der Waals surface area contributed by atoms with Crippen molar-refractivity contribution < 1.29 is 9.90 Å². The van der Waals surface area contributed by atoms with Crippen LogP contribution in [-0.4, -0.2) is 35.6 Å². The normalized spacial score (nSPS) is 15.8. The second-order valence-electron chi connectivity index (χ2n) is 4.54. The molecule has 0 aliphatic carbocycles. The van der Waals surface area contributed by atoms with Gasteiger partial charge in [-0.2, -0.15) is 0 Å². The van der Waals surface area contributed by atoms with E-state index in [0.717, 1.165) is 11.1 Å². The molecule has 92 valence electrons. The van der Waals surface area contributed by atoms with Gasteiger partial charge in [-0.3, -0.25) is 4.79 Å². The summed E-state index contributed by atoms with van der Waals surface area (Å²) in [5.41, 5.74) is 7.60. The highest BCUT2D eigenvalue weighted by Crippen LogP contribution is 2.16. The molecule has 4 nitrogen and oxygen atoms in total. The van der Waals surface area contributed by atoms with Crippen molar-refractivity contribution in [1.82, 2.24) is 4.90 Å². The van der Waals surface area contributed by atoms with Crippen LogP contribution in [0.2, 0.25) is 0 Å². The summed E-state index contributed by atoms with van der Waals surface area (Å²) >= 11 is 0. The molecule has 1 fully saturated rings. The van der Waals surface area contributed by atoms with Gasteiger partial charge in [0, 0.05) is 32.2 Å². The van der Waals surface area contributed by atoms with E-state index < -0.39 is 0 Å². The number of amides is 1. The molecule has 0 unspecified atom stereocenters. The number of benzene rings is 1. The van der Waals surface area contributed by atoms with Crippen LogP contribution in [0.3, 0.4) is 0 Å². The molecular weight excluding hydrogens is 216 g/mol. The molecule has 1 aliphatic heterocycles. The van der Waals surface area contributed by atoms with Crippen molar-refractivity contribution in [3.8, 4) is 0 Å². The van der Waals surface area contributed by atoms with E-state index in [1.807, 2.05) is 24.3 Å². The van der Waals surface area contributed by atoms with Crippen LogP contribution in [0.25, 0.3) is 0 Å². The minimum atomic E-state index is 0.134. The fraction of sp³-hybridized carbons (Fsp3) is 0.462. The third-order valence-corrected chi connectivity index (χ3v) is 3.18. The summed E-state index contributed by atoms with van der Waals surface area (Å²) in [6.07, 6.45) is 0.434. The van der Waals surface area contributed by atoms with Gasteiger partial charge in [-0.1, -0.05) is 24.3 Å². The number of carbonyl (C=O) groups is 1. The molecule has 1 aliphatic rings. The lowest BCUT2D eigenvalue weighted by Crippen LogP contribution is -2.51. The van der Waals surface area contributed by atoms with Gasteiger partial charge >= 0.3 is 0 Å². The van der Waals surface area contributed by atoms with Crippen molar-refractivity contribution in [2.75, 3.05) is 19.7 Å². The molecule has 17 heavy (non-hydrogen) atoms. The fourth-order valence-corrected chi connectivity index (χ4v) is 1.97. The summed E-state index contributed by atoms with van der Waals surface area (Å²) < 4.78 is 0. The zero-order valence-corrected chi connectivity index (χ0v) is 9.80. The van der Waals surface area contributed by atoms with Crippen molar-refractivity contribution in [2.24, 2.45) is 11.7 Å². The van der Waals surface area contributed by atoms with E-state index in [2.05, 4.69) is 0 Å². The zero-order valence-electron chi connectivity index (χ0n) is 9.80. The highest BCUT2D eigenvalue weighted by Gasteiger charge is 2.29. The Balaban J connectivity index is 1.86. The van der Waals surface area contributed by atoms with Gasteiger partial charge in [0.25, 0.3) is 0 Å². The maximum atomic E-state index is 11.8. The van der Waals surface area contributed by atoms with Gasteiger partial charge in [0.05, 0.1) is 6.42 Å². The Bertz CT molecular complexity index is 383. The number of likely N-dealkylation sites (tertiary alicyclic amines) is 1. The molecule has 1 amide bonds. The minimum Gasteiger partial charge on any atom is -0.396 e. The van der Waals surface area contributed by atoms with Crippen molar-refractivity contribution >= 4 is 5.91 Å². The maximum Gasteiger partial charge on any atom is 0.227 e. The predicted octanol–water partition coefficient (Wildman–Crippen LogP) is 0.139. The summed E-state index contributed by atoms with van der Waals surface area (Å²) in [5, 5.41) is 8.88. The first-order chi connectivity index (χ1) is 8.22. The van der Waals surface area contributed by atoms with Crippen LogP contribution in [0.1, 0.15) is 11.1 Å². The molecule has 1 saturated heterocycles. The van der Waals surface area contributed by atoms with Crippen molar-refractivity contribution in [3.63, 3.8) is 0 Å². The Morgan fingerprint density at radius 2 is 1.88 bits per heavy atom. The molecule has 3 N–H and O–H groups in total. The average Bonchev–Trinajstić information content (AvgIpc) is 2.28. The molecule has 0 aromatic heterocycles. The maximum absolute atomic E-state index is 11.8.